The summed E-state index contributed by atoms with van der Waals surface area (Å²) in [7, 11) is 3.74. The molecular formula is C35H34Cl2N6O2. The number of carbonyl (C=O) groups excluding carboxylic acids is 2. The molecular weight excluding hydrogens is 607 g/mol. The highest BCUT2D eigenvalue weighted by molar-refractivity contribution is 6.31. The third kappa shape index (κ3) is 8.71. The second-order valence-electron chi connectivity index (χ2n) is 11.4. The van der Waals surface area contributed by atoms with Gasteiger partial charge in [-0.05, 0) is 43.3 Å². The quantitative estimate of drug-likeness (QED) is 0.185. The van der Waals surface area contributed by atoms with Crippen molar-refractivity contribution in [3.8, 4) is 0 Å². The molecule has 230 valence electrons. The number of aryl methyl sites for hydroxylation is 3. The van der Waals surface area contributed by atoms with E-state index >= 15 is 0 Å². The zero-order chi connectivity index (χ0) is 32.7. The molecule has 0 N–H and O–H groups in total. The van der Waals surface area contributed by atoms with Gasteiger partial charge in [0.15, 0.2) is 0 Å². The van der Waals surface area contributed by atoms with Crippen LogP contribution in [0.5, 0.6) is 0 Å². The fourth-order valence-corrected chi connectivity index (χ4v) is 4.31. The van der Waals surface area contributed by atoms with Crippen molar-refractivity contribution in [1.82, 2.24) is 19.1 Å². The molecule has 0 aliphatic heterocycles. The molecule has 0 unspecified atom stereocenters. The maximum atomic E-state index is 12.6. The van der Waals surface area contributed by atoms with E-state index in [1.54, 1.807) is 61.4 Å². The van der Waals surface area contributed by atoms with Crippen LogP contribution >= 0.6 is 23.2 Å². The molecule has 10 heteroatoms. The zero-order valence-corrected chi connectivity index (χ0v) is 27.5. The average molecular weight is 642 g/mol. The Hall–Kier alpha value is -4.66. The van der Waals surface area contributed by atoms with E-state index in [-0.39, 0.29) is 11.8 Å². The van der Waals surface area contributed by atoms with Crippen molar-refractivity contribution < 1.29 is 9.59 Å². The van der Waals surface area contributed by atoms with Crippen LogP contribution in [0, 0.1) is 12.3 Å². The van der Waals surface area contributed by atoms with Crippen LogP contribution in [-0.4, -0.2) is 42.3 Å². The molecule has 8 nitrogen and oxygen atoms in total. The number of hydrogen-bond acceptors (Lipinski definition) is 4. The Morgan fingerprint density at radius 2 is 1.04 bits per heavy atom. The van der Waals surface area contributed by atoms with Crippen molar-refractivity contribution >= 4 is 46.4 Å². The molecule has 0 bridgehead atoms. The van der Waals surface area contributed by atoms with Crippen molar-refractivity contribution in [2.24, 2.45) is 29.5 Å². The average Bonchev–Trinajstić information content (AvgIpc) is 3.63. The van der Waals surface area contributed by atoms with Crippen molar-refractivity contribution in [2.75, 3.05) is 0 Å². The first kappa shape index (κ1) is 33.2. The van der Waals surface area contributed by atoms with Crippen molar-refractivity contribution in [3.63, 3.8) is 0 Å². The Balaban J connectivity index is 0.000000207. The van der Waals surface area contributed by atoms with Gasteiger partial charge in [0.25, 0.3) is 11.8 Å². The summed E-state index contributed by atoms with van der Waals surface area (Å²) < 4.78 is 3.67. The SMILES string of the molecule is Cc1ccc(C(=O)N=C(c2ccc(Cl)cc2)c2cncn2C)cc1.Cn1cncc1C(=NC(=O)C(C)(C)C)c1ccc(Cl)cc1. The molecule has 2 heterocycles. The lowest BCUT2D eigenvalue weighted by atomic mass is 9.95. The Labute approximate surface area is 273 Å². The zero-order valence-electron chi connectivity index (χ0n) is 26.0. The second kappa shape index (κ2) is 14.4. The third-order valence-corrected chi connectivity index (χ3v) is 7.22. The summed E-state index contributed by atoms with van der Waals surface area (Å²) in [5, 5.41) is 1.28. The highest BCUT2D eigenvalue weighted by Gasteiger charge is 2.23. The van der Waals surface area contributed by atoms with E-state index in [2.05, 4.69) is 20.0 Å². The molecule has 3 aromatic carbocycles. The van der Waals surface area contributed by atoms with E-state index in [0.29, 0.717) is 27.0 Å². The normalized spacial score (nSPS) is 12.0. The van der Waals surface area contributed by atoms with Gasteiger partial charge < -0.3 is 9.13 Å². The third-order valence-electron chi connectivity index (χ3n) is 6.72. The van der Waals surface area contributed by atoms with Gasteiger partial charge in [0.05, 0.1) is 47.9 Å². The van der Waals surface area contributed by atoms with Crippen LogP contribution in [0.3, 0.4) is 0 Å². The van der Waals surface area contributed by atoms with Gasteiger partial charge in [-0.3, -0.25) is 9.59 Å². The largest absolute Gasteiger partial charge is 0.332 e. The minimum absolute atomic E-state index is 0.173. The summed E-state index contributed by atoms with van der Waals surface area (Å²) in [6.45, 7) is 7.52. The van der Waals surface area contributed by atoms with Crippen molar-refractivity contribution in [2.45, 2.75) is 27.7 Å². The highest BCUT2D eigenvalue weighted by Crippen LogP contribution is 2.20. The maximum Gasteiger partial charge on any atom is 0.277 e. The molecule has 0 radical (unpaired) electrons. The van der Waals surface area contributed by atoms with E-state index in [9.17, 15) is 9.59 Å². The van der Waals surface area contributed by atoms with Crippen molar-refractivity contribution in [3.05, 3.63) is 142 Å². The summed E-state index contributed by atoms with van der Waals surface area (Å²) in [5.74, 6) is -0.463. The fraction of sp³-hybridized carbons (Fsp3) is 0.200. The van der Waals surface area contributed by atoms with E-state index in [0.717, 1.165) is 28.1 Å². The number of aliphatic imine (C=N–C) groups is 2. The first-order valence-electron chi connectivity index (χ1n) is 14.1. The first-order valence-corrected chi connectivity index (χ1v) is 14.9. The summed E-state index contributed by atoms with van der Waals surface area (Å²) in [6.07, 6.45) is 6.75. The van der Waals surface area contributed by atoms with Gasteiger partial charge in [0.1, 0.15) is 0 Å². The Bertz CT molecular complexity index is 1840. The second-order valence-corrected chi connectivity index (χ2v) is 12.3. The molecule has 0 saturated heterocycles. The summed E-state index contributed by atoms with van der Waals surface area (Å²) in [5.41, 5.74) is 5.48. The number of imidazole rings is 2. The predicted molar refractivity (Wildman–Crippen MR) is 181 cm³/mol. The van der Waals surface area contributed by atoms with Gasteiger partial charge in [-0.25, -0.2) is 20.0 Å². The topological polar surface area (TPSA) is 94.5 Å². The number of carbonyl (C=O) groups is 2. The number of aromatic nitrogens is 4. The molecule has 0 atom stereocenters. The van der Waals surface area contributed by atoms with Crippen LogP contribution in [0.4, 0.5) is 0 Å². The van der Waals surface area contributed by atoms with Crippen LogP contribution in [0.1, 0.15) is 59.2 Å². The van der Waals surface area contributed by atoms with Gasteiger partial charge in [0.2, 0.25) is 0 Å². The first-order chi connectivity index (χ1) is 21.3. The maximum absolute atomic E-state index is 12.6. The molecule has 0 fully saturated rings. The molecule has 2 aromatic heterocycles. The lowest BCUT2D eigenvalue weighted by Gasteiger charge is -2.15. The highest BCUT2D eigenvalue weighted by atomic mass is 35.5. The smallest absolute Gasteiger partial charge is 0.277 e. The monoisotopic (exact) mass is 640 g/mol. The van der Waals surface area contributed by atoms with Gasteiger partial charge in [-0.1, -0.05) is 85.9 Å². The minimum atomic E-state index is -0.531. The van der Waals surface area contributed by atoms with Crippen LogP contribution in [-0.2, 0) is 18.9 Å². The van der Waals surface area contributed by atoms with Gasteiger partial charge in [0, 0.05) is 46.2 Å². The number of benzene rings is 3. The molecule has 0 saturated carbocycles. The van der Waals surface area contributed by atoms with Crippen molar-refractivity contribution in [1.29, 1.82) is 0 Å². The molecule has 2 amide bonds. The Morgan fingerprint density at radius 1 is 0.644 bits per heavy atom. The summed E-state index contributed by atoms with van der Waals surface area (Å²) >= 11 is 11.9. The lowest BCUT2D eigenvalue weighted by molar-refractivity contribution is -0.124. The molecule has 0 spiro atoms. The number of amides is 2. The molecule has 45 heavy (non-hydrogen) atoms. The number of halogens is 2. The summed E-state index contributed by atoms with van der Waals surface area (Å²) in [6, 6.07) is 21.9. The molecule has 5 aromatic rings. The van der Waals surface area contributed by atoms with Crippen LogP contribution < -0.4 is 0 Å². The molecule has 0 aliphatic carbocycles. The molecule has 5 rings (SSSR count). The molecule has 0 aliphatic rings. The number of hydrogen-bond donors (Lipinski definition) is 0. The van der Waals surface area contributed by atoms with E-state index in [1.165, 1.54) is 0 Å². The number of nitrogens with zero attached hydrogens (tertiary/aromatic N) is 6. The lowest BCUT2D eigenvalue weighted by Crippen LogP contribution is -2.21. The van der Waals surface area contributed by atoms with Crippen LogP contribution in [0.2, 0.25) is 10.0 Å². The standard InChI is InChI=1S/C19H16ClN3O.C16H18ClN3O/c1-13-3-5-15(6-4-13)19(24)22-18(17-11-21-12-23(17)2)14-7-9-16(20)10-8-14;1-16(2,3)15(21)19-14(13-9-18-10-20(13)4)11-5-7-12(17)8-6-11/h3-12H,1-2H3;5-10H,1-4H3. The van der Waals surface area contributed by atoms with Gasteiger partial charge in [-0.15, -0.1) is 0 Å². The Morgan fingerprint density at radius 3 is 1.42 bits per heavy atom. The van der Waals surface area contributed by atoms with Gasteiger partial charge in [-0.2, -0.15) is 0 Å². The number of rotatable bonds is 5. The fourth-order valence-electron chi connectivity index (χ4n) is 4.06. The van der Waals surface area contributed by atoms with Crippen LogP contribution in [0.15, 0.2) is 108 Å². The predicted octanol–water partition coefficient (Wildman–Crippen LogP) is 7.54. The minimum Gasteiger partial charge on any atom is -0.332 e. The summed E-state index contributed by atoms with van der Waals surface area (Å²) in [4.78, 5) is 41.7. The van der Waals surface area contributed by atoms with Gasteiger partial charge >= 0.3 is 0 Å². The Kier molecular flexibility index (Phi) is 10.6. The van der Waals surface area contributed by atoms with E-state index in [4.69, 9.17) is 23.2 Å². The van der Waals surface area contributed by atoms with E-state index in [1.807, 2.05) is 87.3 Å². The van der Waals surface area contributed by atoms with Crippen LogP contribution in [0.25, 0.3) is 0 Å². The van der Waals surface area contributed by atoms with E-state index < -0.39 is 5.41 Å².